The van der Waals surface area contributed by atoms with E-state index in [0.717, 1.165) is 31.2 Å². The molecule has 0 spiro atoms. The van der Waals surface area contributed by atoms with Gasteiger partial charge in [0, 0.05) is 24.2 Å². The van der Waals surface area contributed by atoms with Crippen LogP contribution in [-0.2, 0) is 4.79 Å². The molecule has 3 rings (SSSR count). The topological polar surface area (TPSA) is 46.3 Å². The summed E-state index contributed by atoms with van der Waals surface area (Å²) < 4.78 is 0. The molecule has 3 nitrogen and oxygen atoms in total. The molecule has 1 aromatic rings. The van der Waals surface area contributed by atoms with Gasteiger partial charge >= 0.3 is 0 Å². The summed E-state index contributed by atoms with van der Waals surface area (Å²) in [7, 11) is 0. The van der Waals surface area contributed by atoms with Crippen molar-refractivity contribution in [2.45, 2.75) is 43.8 Å². The number of piperidine rings is 1. The normalized spacial score (nSPS) is 29.9. The molecule has 2 atom stereocenters. The SMILES string of the molecule is NC1CC2CCC(C1)N2C(=O)C=Cc1ccccc1. The third kappa shape index (κ3) is 2.56. The van der Waals surface area contributed by atoms with Gasteiger partial charge in [0.25, 0.3) is 0 Å². The Balaban J connectivity index is 1.70. The van der Waals surface area contributed by atoms with Crippen molar-refractivity contribution in [1.29, 1.82) is 0 Å². The molecule has 100 valence electrons. The second-order valence-electron chi connectivity index (χ2n) is 5.61. The van der Waals surface area contributed by atoms with Gasteiger partial charge in [0.15, 0.2) is 0 Å². The second kappa shape index (κ2) is 5.17. The van der Waals surface area contributed by atoms with Gasteiger partial charge in [-0.1, -0.05) is 30.3 Å². The summed E-state index contributed by atoms with van der Waals surface area (Å²) in [5.41, 5.74) is 7.09. The minimum atomic E-state index is 0.142. The lowest BCUT2D eigenvalue weighted by Gasteiger charge is -2.37. The van der Waals surface area contributed by atoms with Crippen LogP contribution in [0.4, 0.5) is 0 Å². The Bertz CT molecular complexity index is 469. The van der Waals surface area contributed by atoms with Crippen LogP contribution in [0.2, 0.25) is 0 Å². The number of nitrogens with zero attached hydrogens (tertiary/aromatic N) is 1. The number of carbonyl (C=O) groups is 1. The molecule has 2 N–H and O–H groups in total. The minimum absolute atomic E-state index is 0.142. The number of nitrogens with two attached hydrogens (primary N) is 1. The van der Waals surface area contributed by atoms with Gasteiger partial charge in [0.1, 0.15) is 0 Å². The second-order valence-corrected chi connectivity index (χ2v) is 5.61. The molecule has 2 aliphatic rings. The van der Waals surface area contributed by atoms with E-state index in [-0.39, 0.29) is 11.9 Å². The average molecular weight is 256 g/mol. The molecule has 1 amide bonds. The fraction of sp³-hybridized carbons (Fsp3) is 0.438. The highest BCUT2D eigenvalue weighted by Crippen LogP contribution is 2.35. The maximum atomic E-state index is 12.3. The Hall–Kier alpha value is -1.61. The summed E-state index contributed by atoms with van der Waals surface area (Å²) in [5.74, 6) is 0.142. The van der Waals surface area contributed by atoms with E-state index >= 15 is 0 Å². The van der Waals surface area contributed by atoms with Crippen molar-refractivity contribution in [2.24, 2.45) is 5.73 Å². The monoisotopic (exact) mass is 256 g/mol. The summed E-state index contributed by atoms with van der Waals surface area (Å²) >= 11 is 0. The van der Waals surface area contributed by atoms with Crippen LogP contribution in [0.1, 0.15) is 31.2 Å². The Kier molecular flexibility index (Phi) is 3.38. The van der Waals surface area contributed by atoms with Crippen molar-refractivity contribution >= 4 is 12.0 Å². The highest BCUT2D eigenvalue weighted by molar-refractivity contribution is 5.92. The minimum Gasteiger partial charge on any atom is -0.333 e. The lowest BCUT2D eigenvalue weighted by molar-refractivity contribution is -0.130. The van der Waals surface area contributed by atoms with E-state index in [4.69, 9.17) is 5.73 Å². The predicted octanol–water partition coefficient (Wildman–Crippen LogP) is 2.18. The summed E-state index contributed by atoms with van der Waals surface area (Å²) in [5, 5.41) is 0. The first-order valence-corrected chi connectivity index (χ1v) is 7.05. The van der Waals surface area contributed by atoms with Crippen molar-refractivity contribution in [2.75, 3.05) is 0 Å². The van der Waals surface area contributed by atoms with Crippen LogP contribution in [0.5, 0.6) is 0 Å². The molecule has 1 aromatic carbocycles. The first-order valence-electron chi connectivity index (χ1n) is 7.05. The lowest BCUT2D eigenvalue weighted by atomic mass is 9.98. The van der Waals surface area contributed by atoms with Crippen molar-refractivity contribution in [1.82, 2.24) is 4.90 Å². The molecule has 0 saturated carbocycles. The molecule has 2 aliphatic heterocycles. The van der Waals surface area contributed by atoms with Crippen LogP contribution < -0.4 is 5.73 Å². The van der Waals surface area contributed by atoms with Gasteiger partial charge in [-0.3, -0.25) is 4.79 Å². The number of hydrogen-bond donors (Lipinski definition) is 1. The molecule has 2 fully saturated rings. The number of rotatable bonds is 2. The third-order valence-electron chi connectivity index (χ3n) is 4.24. The largest absolute Gasteiger partial charge is 0.333 e. The number of benzene rings is 1. The van der Waals surface area contributed by atoms with Crippen LogP contribution in [0, 0.1) is 0 Å². The Morgan fingerprint density at radius 2 is 1.79 bits per heavy atom. The highest BCUT2D eigenvalue weighted by atomic mass is 16.2. The van der Waals surface area contributed by atoms with Gasteiger partial charge in [0.05, 0.1) is 0 Å². The summed E-state index contributed by atoms with van der Waals surface area (Å²) in [6.45, 7) is 0. The first kappa shape index (κ1) is 12.4. The smallest absolute Gasteiger partial charge is 0.247 e. The first-order chi connectivity index (χ1) is 9.24. The number of carbonyl (C=O) groups excluding carboxylic acids is 1. The van der Waals surface area contributed by atoms with Crippen molar-refractivity contribution in [3.8, 4) is 0 Å². The molecule has 2 bridgehead atoms. The van der Waals surface area contributed by atoms with E-state index in [2.05, 4.69) is 4.90 Å². The van der Waals surface area contributed by atoms with Crippen molar-refractivity contribution < 1.29 is 4.79 Å². The molecule has 2 heterocycles. The van der Waals surface area contributed by atoms with E-state index in [1.165, 1.54) is 0 Å². The molecular weight excluding hydrogens is 236 g/mol. The maximum Gasteiger partial charge on any atom is 0.247 e. The van der Waals surface area contributed by atoms with Gasteiger partial charge in [-0.2, -0.15) is 0 Å². The number of amides is 1. The maximum absolute atomic E-state index is 12.3. The van der Waals surface area contributed by atoms with Crippen molar-refractivity contribution in [3.63, 3.8) is 0 Å². The molecule has 0 aliphatic carbocycles. The zero-order valence-electron chi connectivity index (χ0n) is 11.0. The third-order valence-corrected chi connectivity index (χ3v) is 4.24. The van der Waals surface area contributed by atoms with E-state index in [1.54, 1.807) is 6.08 Å². The predicted molar refractivity (Wildman–Crippen MR) is 76.3 cm³/mol. The zero-order chi connectivity index (χ0) is 13.2. The van der Waals surface area contributed by atoms with Crippen LogP contribution in [-0.4, -0.2) is 28.9 Å². The molecule has 2 unspecified atom stereocenters. The van der Waals surface area contributed by atoms with E-state index in [0.29, 0.717) is 12.1 Å². The van der Waals surface area contributed by atoms with E-state index in [9.17, 15) is 4.79 Å². The average Bonchev–Trinajstić information content (AvgIpc) is 2.70. The fourth-order valence-corrected chi connectivity index (χ4v) is 3.40. The summed E-state index contributed by atoms with van der Waals surface area (Å²) in [6, 6.07) is 10.9. The van der Waals surface area contributed by atoms with Gasteiger partial charge < -0.3 is 10.6 Å². The number of hydrogen-bond acceptors (Lipinski definition) is 2. The van der Waals surface area contributed by atoms with Gasteiger partial charge in [-0.25, -0.2) is 0 Å². The molecule has 0 aromatic heterocycles. The Morgan fingerprint density at radius 1 is 1.16 bits per heavy atom. The Morgan fingerprint density at radius 3 is 2.42 bits per heavy atom. The quantitative estimate of drug-likeness (QED) is 0.824. The molecule has 0 radical (unpaired) electrons. The Labute approximate surface area is 114 Å². The van der Waals surface area contributed by atoms with Crippen molar-refractivity contribution in [3.05, 3.63) is 42.0 Å². The molecule has 3 heteroatoms. The van der Waals surface area contributed by atoms with Crippen LogP contribution in [0.15, 0.2) is 36.4 Å². The van der Waals surface area contributed by atoms with Crippen LogP contribution in [0.25, 0.3) is 6.08 Å². The lowest BCUT2D eigenvalue weighted by Crippen LogP contribution is -2.49. The van der Waals surface area contributed by atoms with Gasteiger partial charge in [0.2, 0.25) is 5.91 Å². The summed E-state index contributed by atoms with van der Waals surface area (Å²) in [4.78, 5) is 14.4. The zero-order valence-corrected chi connectivity index (χ0v) is 11.0. The van der Waals surface area contributed by atoms with E-state index in [1.807, 2.05) is 36.4 Å². The molecule has 19 heavy (non-hydrogen) atoms. The van der Waals surface area contributed by atoms with Gasteiger partial charge in [-0.05, 0) is 37.3 Å². The molecule has 2 saturated heterocycles. The van der Waals surface area contributed by atoms with E-state index < -0.39 is 0 Å². The van der Waals surface area contributed by atoms with Crippen LogP contribution in [0.3, 0.4) is 0 Å². The number of fused-ring (bicyclic) bond motifs is 2. The summed E-state index contributed by atoms with van der Waals surface area (Å²) in [6.07, 6.45) is 7.75. The standard InChI is InChI=1S/C16H20N2O/c17-13-10-14-7-8-15(11-13)18(14)16(19)9-6-12-4-2-1-3-5-12/h1-6,9,13-15H,7-8,10-11,17H2. The fourth-order valence-electron chi connectivity index (χ4n) is 3.40. The van der Waals surface area contributed by atoms with Crippen LogP contribution >= 0.6 is 0 Å². The highest BCUT2D eigenvalue weighted by Gasteiger charge is 2.41. The van der Waals surface area contributed by atoms with Gasteiger partial charge in [-0.15, -0.1) is 0 Å². The molecular formula is C16H20N2O.